The molecule has 7 nitrogen and oxygen atoms in total. The number of ketones is 2. The number of hydrogen-bond donors (Lipinski definition) is 5. The van der Waals surface area contributed by atoms with Gasteiger partial charge in [0.25, 0.3) is 0 Å². The fraction of sp³-hybridized carbons (Fsp3) is 0.176. The van der Waals surface area contributed by atoms with Crippen LogP contribution < -0.4 is 0 Å². The number of fused-ring (bicyclic) bond motifs is 2. The second-order valence-corrected chi connectivity index (χ2v) is 5.55. The van der Waals surface area contributed by atoms with E-state index < -0.39 is 51.8 Å². The van der Waals surface area contributed by atoms with Crippen molar-refractivity contribution in [3.8, 4) is 23.0 Å². The van der Waals surface area contributed by atoms with Crippen LogP contribution in [0, 0.1) is 0 Å². The lowest BCUT2D eigenvalue weighted by Crippen LogP contribution is -2.22. The minimum atomic E-state index is -1.14. The van der Waals surface area contributed by atoms with Gasteiger partial charge in [0.2, 0.25) is 5.78 Å². The third-order valence-electron chi connectivity index (χ3n) is 4.08. The summed E-state index contributed by atoms with van der Waals surface area (Å²) in [5.41, 5.74) is -1.63. The summed E-state index contributed by atoms with van der Waals surface area (Å²) in [7, 11) is 0. The molecule has 3 rings (SSSR count). The number of aliphatic hydroxyl groups is 1. The molecule has 2 aromatic carbocycles. The first-order valence-corrected chi connectivity index (χ1v) is 7.20. The van der Waals surface area contributed by atoms with Crippen LogP contribution in [0.25, 0.3) is 0 Å². The Morgan fingerprint density at radius 3 is 2.12 bits per heavy atom. The highest BCUT2D eigenvalue weighted by Gasteiger charge is 2.38. The minimum absolute atomic E-state index is 0.0808. The van der Waals surface area contributed by atoms with E-state index >= 15 is 0 Å². The molecule has 0 aliphatic heterocycles. The van der Waals surface area contributed by atoms with Gasteiger partial charge in [-0.1, -0.05) is 6.92 Å². The van der Waals surface area contributed by atoms with Crippen LogP contribution in [0.5, 0.6) is 23.0 Å². The Bertz CT molecular complexity index is 899. The second kappa shape index (κ2) is 5.24. The Morgan fingerprint density at radius 2 is 1.50 bits per heavy atom. The predicted molar refractivity (Wildman–Crippen MR) is 81.7 cm³/mol. The summed E-state index contributed by atoms with van der Waals surface area (Å²) in [6.45, 7) is 1.64. The highest BCUT2D eigenvalue weighted by molar-refractivity contribution is 6.31. The van der Waals surface area contributed by atoms with Gasteiger partial charge in [-0.15, -0.1) is 0 Å². The van der Waals surface area contributed by atoms with Gasteiger partial charge in [-0.25, -0.2) is 0 Å². The van der Waals surface area contributed by atoms with Crippen LogP contribution in [0.1, 0.15) is 56.9 Å². The third kappa shape index (κ3) is 2.02. The van der Waals surface area contributed by atoms with Gasteiger partial charge < -0.3 is 25.5 Å². The van der Waals surface area contributed by atoms with Crippen LogP contribution in [-0.2, 0) is 0 Å². The van der Waals surface area contributed by atoms with Crippen molar-refractivity contribution in [1.29, 1.82) is 0 Å². The van der Waals surface area contributed by atoms with E-state index in [0.29, 0.717) is 0 Å². The molecule has 0 saturated heterocycles. The van der Waals surface area contributed by atoms with Crippen LogP contribution in [0.2, 0.25) is 0 Å². The van der Waals surface area contributed by atoms with Gasteiger partial charge in [-0.2, -0.15) is 0 Å². The van der Waals surface area contributed by atoms with Crippen molar-refractivity contribution in [2.75, 3.05) is 0 Å². The molecule has 0 saturated carbocycles. The Balaban J connectivity index is 2.37. The highest BCUT2D eigenvalue weighted by atomic mass is 16.3. The second-order valence-electron chi connectivity index (χ2n) is 5.55. The molecule has 1 aliphatic rings. The van der Waals surface area contributed by atoms with E-state index in [-0.39, 0.29) is 23.1 Å². The first kappa shape index (κ1) is 15.8. The van der Waals surface area contributed by atoms with E-state index in [9.17, 15) is 35.1 Å². The Morgan fingerprint density at radius 1 is 0.875 bits per heavy atom. The van der Waals surface area contributed by atoms with Crippen molar-refractivity contribution in [2.24, 2.45) is 0 Å². The topological polar surface area (TPSA) is 135 Å². The summed E-state index contributed by atoms with van der Waals surface area (Å²) in [6, 6.07) is 2.93. The predicted octanol–water partition coefficient (Wildman–Crippen LogP) is 1.73. The zero-order valence-corrected chi connectivity index (χ0v) is 12.6. The summed E-state index contributed by atoms with van der Waals surface area (Å²) >= 11 is 0. The molecule has 5 N–H and O–H groups in total. The van der Waals surface area contributed by atoms with Gasteiger partial charge in [-0.05, 0) is 18.6 Å². The molecule has 0 aromatic heterocycles. The zero-order valence-electron chi connectivity index (χ0n) is 12.6. The monoisotopic (exact) mass is 330 g/mol. The molecule has 0 amide bonds. The van der Waals surface area contributed by atoms with E-state index in [1.807, 2.05) is 0 Å². The standard InChI is InChI=1S/C17H14O7/c1-2-9(19)7-5-11(21)13-14(15(7)22)16(23)8-3-6(18)4-10(20)12(8)17(13)24/h3-5,9,18-22H,2H2,1H3. The average Bonchev–Trinajstić information content (AvgIpc) is 2.52. The molecule has 1 unspecified atom stereocenters. The van der Waals surface area contributed by atoms with E-state index in [1.165, 1.54) is 0 Å². The number of carbonyl (C=O) groups is 2. The number of phenolic OH excluding ortho intramolecular Hbond substituents is 4. The van der Waals surface area contributed by atoms with Gasteiger partial charge in [0, 0.05) is 17.2 Å². The zero-order chi connectivity index (χ0) is 17.8. The molecule has 0 bridgehead atoms. The van der Waals surface area contributed by atoms with Crippen LogP contribution >= 0.6 is 0 Å². The molecule has 0 fully saturated rings. The van der Waals surface area contributed by atoms with Crippen molar-refractivity contribution in [3.05, 3.63) is 46.0 Å². The average molecular weight is 330 g/mol. The van der Waals surface area contributed by atoms with Gasteiger partial charge in [0.15, 0.2) is 5.78 Å². The minimum Gasteiger partial charge on any atom is -0.508 e. The molecule has 0 heterocycles. The summed E-state index contributed by atoms with van der Waals surface area (Å²) in [4.78, 5) is 25.2. The molecule has 1 aliphatic carbocycles. The number of aromatic hydroxyl groups is 4. The van der Waals surface area contributed by atoms with Crippen molar-refractivity contribution in [3.63, 3.8) is 0 Å². The Hall–Kier alpha value is -3.06. The fourth-order valence-corrected chi connectivity index (χ4v) is 2.89. The molecule has 124 valence electrons. The quantitative estimate of drug-likeness (QED) is 0.451. The van der Waals surface area contributed by atoms with Crippen LogP contribution in [0.4, 0.5) is 0 Å². The summed E-state index contributed by atoms with van der Waals surface area (Å²) in [5.74, 6) is -3.92. The number of benzene rings is 2. The van der Waals surface area contributed by atoms with E-state index in [4.69, 9.17) is 0 Å². The summed E-state index contributed by atoms with van der Waals surface area (Å²) in [5, 5.41) is 49.8. The van der Waals surface area contributed by atoms with Crippen molar-refractivity contribution >= 4 is 11.6 Å². The number of carbonyl (C=O) groups excluding carboxylic acids is 2. The lowest BCUT2D eigenvalue weighted by atomic mass is 9.81. The molecule has 0 radical (unpaired) electrons. The first-order valence-electron chi connectivity index (χ1n) is 7.20. The van der Waals surface area contributed by atoms with Gasteiger partial charge in [0.05, 0.1) is 22.8 Å². The van der Waals surface area contributed by atoms with Gasteiger partial charge in [-0.3, -0.25) is 9.59 Å². The molecule has 2 aromatic rings. The number of aliphatic hydroxyl groups excluding tert-OH is 1. The lowest BCUT2D eigenvalue weighted by Gasteiger charge is -2.23. The SMILES string of the molecule is CCC(O)c1cc(O)c2c(c1O)C(=O)c1cc(O)cc(O)c1C2=O. The van der Waals surface area contributed by atoms with Crippen molar-refractivity contribution in [1.82, 2.24) is 0 Å². The van der Waals surface area contributed by atoms with E-state index in [0.717, 1.165) is 18.2 Å². The Kier molecular flexibility index (Phi) is 3.46. The molecule has 0 spiro atoms. The fourth-order valence-electron chi connectivity index (χ4n) is 2.89. The molecule has 7 heteroatoms. The molecule has 24 heavy (non-hydrogen) atoms. The molecular formula is C17H14O7. The smallest absolute Gasteiger partial charge is 0.202 e. The number of phenols is 4. The highest BCUT2D eigenvalue weighted by Crippen LogP contribution is 2.44. The maximum absolute atomic E-state index is 12.7. The molecular weight excluding hydrogens is 316 g/mol. The summed E-state index contributed by atoms with van der Waals surface area (Å²) in [6.07, 6.45) is -0.922. The van der Waals surface area contributed by atoms with Crippen molar-refractivity contribution < 1.29 is 35.1 Å². The summed E-state index contributed by atoms with van der Waals surface area (Å²) < 4.78 is 0. The van der Waals surface area contributed by atoms with E-state index in [2.05, 4.69) is 0 Å². The third-order valence-corrected chi connectivity index (χ3v) is 4.08. The van der Waals surface area contributed by atoms with Crippen LogP contribution in [0.3, 0.4) is 0 Å². The van der Waals surface area contributed by atoms with Gasteiger partial charge >= 0.3 is 0 Å². The number of hydrogen-bond acceptors (Lipinski definition) is 7. The number of rotatable bonds is 2. The largest absolute Gasteiger partial charge is 0.508 e. The first-order chi connectivity index (χ1) is 11.3. The normalized spacial score (nSPS) is 14.2. The van der Waals surface area contributed by atoms with Crippen molar-refractivity contribution in [2.45, 2.75) is 19.4 Å². The van der Waals surface area contributed by atoms with Crippen LogP contribution in [-0.4, -0.2) is 37.1 Å². The van der Waals surface area contributed by atoms with Crippen LogP contribution in [0.15, 0.2) is 18.2 Å². The molecule has 1 atom stereocenters. The van der Waals surface area contributed by atoms with E-state index in [1.54, 1.807) is 6.92 Å². The lowest BCUT2D eigenvalue weighted by molar-refractivity contribution is 0.0970. The Labute approximate surface area is 136 Å². The maximum Gasteiger partial charge on any atom is 0.202 e. The maximum atomic E-state index is 12.7. The van der Waals surface area contributed by atoms with Gasteiger partial charge in [0.1, 0.15) is 23.0 Å².